The Morgan fingerprint density at radius 2 is 2.06 bits per heavy atom. The van der Waals surface area contributed by atoms with Gasteiger partial charge in [-0.3, -0.25) is 9.63 Å². The highest BCUT2D eigenvalue weighted by Crippen LogP contribution is 2.28. The van der Waals surface area contributed by atoms with Crippen LogP contribution in [0.15, 0.2) is 12.1 Å². The van der Waals surface area contributed by atoms with Crippen LogP contribution in [0.4, 0.5) is 4.39 Å². The van der Waals surface area contributed by atoms with Gasteiger partial charge in [-0.2, -0.15) is 0 Å². The zero-order valence-electron chi connectivity index (χ0n) is 10.3. The van der Waals surface area contributed by atoms with Crippen molar-refractivity contribution in [2.45, 2.75) is 19.8 Å². The number of hydroxylamine groups is 2. The summed E-state index contributed by atoms with van der Waals surface area (Å²) in [4.78, 5) is 16.5. The van der Waals surface area contributed by atoms with Crippen molar-refractivity contribution in [2.24, 2.45) is 0 Å². The lowest BCUT2D eigenvalue weighted by molar-refractivity contribution is -0.0759. The summed E-state index contributed by atoms with van der Waals surface area (Å²) in [5, 5.41) is 10.5. The first-order valence-corrected chi connectivity index (χ1v) is 5.23. The maximum absolute atomic E-state index is 13.6. The Kier molecular flexibility index (Phi) is 4.07. The quantitative estimate of drug-likeness (QED) is 0.826. The Labute approximate surface area is 99.6 Å². The van der Waals surface area contributed by atoms with Crippen molar-refractivity contribution in [3.8, 4) is 5.75 Å². The highest BCUT2D eigenvalue weighted by molar-refractivity contribution is 5.94. The van der Waals surface area contributed by atoms with Crippen LogP contribution in [0.1, 0.15) is 35.7 Å². The molecule has 5 heteroatoms. The van der Waals surface area contributed by atoms with Gasteiger partial charge in [0.25, 0.3) is 5.91 Å². The molecular formula is C12H16FNO3. The largest absolute Gasteiger partial charge is 0.508 e. The topological polar surface area (TPSA) is 49.8 Å². The number of nitrogens with zero attached hydrogens (tertiary/aromatic N) is 1. The number of phenolic OH excluding ortho intramolecular Hbond substituents is 1. The van der Waals surface area contributed by atoms with Crippen molar-refractivity contribution in [1.82, 2.24) is 5.06 Å². The standard InChI is InChI=1S/C12H16FNO3/c1-7(2)8-5-9(10(13)6-11(8)15)12(16)14(3)17-4/h5-7,15H,1-4H3. The summed E-state index contributed by atoms with van der Waals surface area (Å²) in [6, 6.07) is 2.30. The second-order valence-electron chi connectivity index (χ2n) is 4.03. The number of aromatic hydroxyl groups is 1. The average Bonchev–Trinajstić information content (AvgIpc) is 2.26. The third-order valence-electron chi connectivity index (χ3n) is 2.53. The molecule has 0 heterocycles. The van der Waals surface area contributed by atoms with Crippen LogP contribution in [0.25, 0.3) is 0 Å². The minimum Gasteiger partial charge on any atom is -0.508 e. The summed E-state index contributed by atoms with van der Waals surface area (Å²) in [6.07, 6.45) is 0. The van der Waals surface area contributed by atoms with E-state index in [0.717, 1.165) is 11.1 Å². The molecule has 1 N–H and O–H groups in total. The van der Waals surface area contributed by atoms with Gasteiger partial charge in [-0.25, -0.2) is 9.45 Å². The van der Waals surface area contributed by atoms with Crippen LogP contribution in [0.3, 0.4) is 0 Å². The third-order valence-corrected chi connectivity index (χ3v) is 2.53. The van der Waals surface area contributed by atoms with Crippen LogP contribution in [-0.2, 0) is 4.84 Å². The molecule has 0 saturated heterocycles. The van der Waals surface area contributed by atoms with Crippen molar-refractivity contribution in [2.75, 3.05) is 14.2 Å². The van der Waals surface area contributed by atoms with Gasteiger partial charge in [0.1, 0.15) is 11.6 Å². The molecule has 1 rings (SSSR count). The van der Waals surface area contributed by atoms with Gasteiger partial charge in [0, 0.05) is 13.1 Å². The molecule has 0 bridgehead atoms. The van der Waals surface area contributed by atoms with Crippen LogP contribution in [0.5, 0.6) is 5.75 Å². The highest BCUT2D eigenvalue weighted by Gasteiger charge is 2.20. The molecule has 0 aliphatic rings. The number of carbonyl (C=O) groups is 1. The molecule has 0 atom stereocenters. The number of phenols is 1. The van der Waals surface area contributed by atoms with E-state index in [1.165, 1.54) is 20.2 Å². The molecule has 0 saturated carbocycles. The zero-order valence-corrected chi connectivity index (χ0v) is 10.3. The maximum atomic E-state index is 13.6. The van der Waals surface area contributed by atoms with E-state index in [0.29, 0.717) is 5.56 Å². The molecule has 0 aliphatic carbocycles. The summed E-state index contributed by atoms with van der Waals surface area (Å²) in [7, 11) is 2.71. The summed E-state index contributed by atoms with van der Waals surface area (Å²) < 4.78 is 13.6. The number of hydrogen-bond donors (Lipinski definition) is 1. The first-order valence-electron chi connectivity index (χ1n) is 5.23. The fourth-order valence-corrected chi connectivity index (χ4v) is 1.46. The molecule has 0 aromatic heterocycles. The number of hydrogen-bond acceptors (Lipinski definition) is 3. The smallest absolute Gasteiger partial charge is 0.280 e. The third kappa shape index (κ3) is 2.74. The Morgan fingerprint density at radius 1 is 1.47 bits per heavy atom. The molecule has 1 aromatic rings. The van der Waals surface area contributed by atoms with E-state index in [2.05, 4.69) is 0 Å². The normalized spacial score (nSPS) is 10.7. The number of benzene rings is 1. The summed E-state index contributed by atoms with van der Waals surface area (Å²) >= 11 is 0. The van der Waals surface area contributed by atoms with E-state index >= 15 is 0 Å². The van der Waals surface area contributed by atoms with Crippen LogP contribution < -0.4 is 0 Å². The first kappa shape index (κ1) is 13.4. The molecule has 4 nitrogen and oxygen atoms in total. The molecule has 17 heavy (non-hydrogen) atoms. The minimum atomic E-state index is -0.763. The van der Waals surface area contributed by atoms with Crippen LogP contribution in [0.2, 0.25) is 0 Å². The monoisotopic (exact) mass is 241 g/mol. The lowest BCUT2D eigenvalue weighted by Gasteiger charge is -2.16. The Morgan fingerprint density at radius 3 is 2.53 bits per heavy atom. The Hall–Kier alpha value is -1.62. The van der Waals surface area contributed by atoms with Gasteiger partial charge in [-0.15, -0.1) is 0 Å². The highest BCUT2D eigenvalue weighted by atomic mass is 19.1. The van der Waals surface area contributed by atoms with E-state index in [-0.39, 0.29) is 17.2 Å². The van der Waals surface area contributed by atoms with Gasteiger partial charge in [0.2, 0.25) is 0 Å². The zero-order chi connectivity index (χ0) is 13.2. The lowest BCUT2D eigenvalue weighted by atomic mass is 9.99. The molecular weight excluding hydrogens is 225 g/mol. The van der Waals surface area contributed by atoms with E-state index in [1.54, 1.807) is 0 Å². The fraction of sp³-hybridized carbons (Fsp3) is 0.417. The van der Waals surface area contributed by atoms with Crippen molar-refractivity contribution in [3.63, 3.8) is 0 Å². The number of carbonyl (C=O) groups excluding carboxylic acids is 1. The van der Waals surface area contributed by atoms with E-state index in [4.69, 9.17) is 4.84 Å². The molecule has 0 unspecified atom stereocenters. The lowest BCUT2D eigenvalue weighted by Crippen LogP contribution is -2.26. The first-order chi connectivity index (χ1) is 7.88. The Bertz CT molecular complexity index is 432. The second kappa shape index (κ2) is 5.14. The predicted molar refractivity (Wildman–Crippen MR) is 61.3 cm³/mol. The number of rotatable bonds is 3. The fourth-order valence-electron chi connectivity index (χ4n) is 1.46. The van der Waals surface area contributed by atoms with Gasteiger partial charge < -0.3 is 5.11 Å². The van der Waals surface area contributed by atoms with Crippen molar-refractivity contribution >= 4 is 5.91 Å². The predicted octanol–water partition coefficient (Wildman–Crippen LogP) is 2.29. The maximum Gasteiger partial charge on any atom is 0.280 e. The summed E-state index contributed by atoms with van der Waals surface area (Å²) in [6.45, 7) is 3.70. The van der Waals surface area contributed by atoms with Crippen molar-refractivity contribution < 1.29 is 19.1 Å². The van der Waals surface area contributed by atoms with E-state index in [9.17, 15) is 14.3 Å². The van der Waals surface area contributed by atoms with Crippen molar-refractivity contribution in [1.29, 1.82) is 0 Å². The van der Waals surface area contributed by atoms with Gasteiger partial charge in [-0.1, -0.05) is 13.8 Å². The minimum absolute atomic E-state index is 0.00463. The van der Waals surface area contributed by atoms with Gasteiger partial charge in [0.15, 0.2) is 0 Å². The molecule has 0 aliphatic heterocycles. The number of amides is 1. The molecule has 1 aromatic carbocycles. The summed E-state index contributed by atoms with van der Waals surface area (Å²) in [5.41, 5.74) is 0.412. The van der Waals surface area contributed by atoms with Gasteiger partial charge in [0.05, 0.1) is 12.7 Å². The van der Waals surface area contributed by atoms with Crippen LogP contribution in [0, 0.1) is 5.82 Å². The second-order valence-corrected chi connectivity index (χ2v) is 4.03. The van der Waals surface area contributed by atoms with E-state index in [1.807, 2.05) is 13.8 Å². The van der Waals surface area contributed by atoms with Crippen LogP contribution >= 0.6 is 0 Å². The molecule has 94 valence electrons. The van der Waals surface area contributed by atoms with E-state index < -0.39 is 11.7 Å². The SMILES string of the molecule is CON(C)C(=O)c1cc(C(C)C)c(O)cc1F. The number of halogens is 1. The molecule has 0 fully saturated rings. The van der Waals surface area contributed by atoms with Crippen molar-refractivity contribution in [3.05, 3.63) is 29.1 Å². The van der Waals surface area contributed by atoms with Crippen LogP contribution in [-0.4, -0.2) is 30.2 Å². The molecule has 1 amide bonds. The molecule has 0 spiro atoms. The average molecular weight is 241 g/mol. The van der Waals surface area contributed by atoms with Gasteiger partial charge >= 0.3 is 0 Å². The van der Waals surface area contributed by atoms with Gasteiger partial charge in [-0.05, 0) is 17.5 Å². The summed E-state index contributed by atoms with van der Waals surface area (Å²) in [5.74, 6) is -1.50. The Balaban J connectivity index is 3.25. The molecule has 0 radical (unpaired) electrons.